The fraction of sp³-hybridized carbons (Fsp3) is 0.320. The first kappa shape index (κ1) is 21.9. The lowest BCUT2D eigenvalue weighted by Gasteiger charge is -2.46. The normalized spacial score (nSPS) is 19.6. The molecule has 176 valence electrons. The summed E-state index contributed by atoms with van der Waals surface area (Å²) in [6.07, 6.45) is 4.65. The van der Waals surface area contributed by atoms with Gasteiger partial charge in [-0.1, -0.05) is 12.1 Å². The smallest absolute Gasteiger partial charge is 0.412 e. The Morgan fingerprint density at radius 3 is 2.47 bits per heavy atom. The van der Waals surface area contributed by atoms with Crippen LogP contribution in [-0.2, 0) is 4.79 Å². The Morgan fingerprint density at radius 1 is 1.09 bits per heavy atom. The molecule has 34 heavy (non-hydrogen) atoms. The molecule has 1 aliphatic heterocycles. The van der Waals surface area contributed by atoms with Crippen LogP contribution in [0.25, 0.3) is 11.1 Å². The highest BCUT2D eigenvalue weighted by Crippen LogP contribution is 2.47. The Balaban J connectivity index is 1.66. The van der Waals surface area contributed by atoms with Gasteiger partial charge in [0.05, 0.1) is 42.8 Å². The highest BCUT2D eigenvalue weighted by Gasteiger charge is 2.43. The summed E-state index contributed by atoms with van der Waals surface area (Å²) in [6, 6.07) is 8.46. The molecule has 8 nitrogen and oxygen atoms in total. The van der Waals surface area contributed by atoms with E-state index in [2.05, 4.69) is 5.10 Å². The Kier molecular flexibility index (Phi) is 5.27. The minimum absolute atomic E-state index is 0.166. The van der Waals surface area contributed by atoms with Gasteiger partial charge in [-0.05, 0) is 43.5 Å². The molecule has 0 bridgehead atoms. The summed E-state index contributed by atoms with van der Waals surface area (Å²) < 4.78 is 22.2. The first-order chi connectivity index (χ1) is 16.3. The van der Waals surface area contributed by atoms with Crippen molar-refractivity contribution >= 4 is 23.4 Å². The molecule has 0 spiro atoms. The van der Waals surface area contributed by atoms with Crippen LogP contribution in [0.3, 0.4) is 0 Å². The second-order valence-electron chi connectivity index (χ2n) is 8.76. The number of halogens is 1. The third-order valence-corrected chi connectivity index (χ3v) is 6.56. The van der Waals surface area contributed by atoms with E-state index in [1.807, 2.05) is 16.9 Å². The number of carboxylic acid groups (broad SMARTS) is 1. The van der Waals surface area contributed by atoms with E-state index in [-0.39, 0.29) is 11.5 Å². The standard InChI is InChI=1S/C25H25FN4O4/c1-14-24(20-8-7-19(34-3)11-21(20)26)30(25(32)33)23-10-16(4-9-22(23)29(14)15(2)31)17-12-27-28(13-17)18-5-6-18/h4,7-14,18,24H,5-6H2,1-3H3,(H,32,33)/t14-,24?/m0/s1. The van der Waals surface area contributed by atoms with E-state index in [0.29, 0.717) is 23.2 Å². The van der Waals surface area contributed by atoms with Crippen molar-refractivity contribution in [2.45, 2.75) is 44.8 Å². The number of carbonyl (C=O) groups is 2. The molecule has 2 amide bonds. The summed E-state index contributed by atoms with van der Waals surface area (Å²) in [4.78, 5) is 27.9. The topological polar surface area (TPSA) is 87.9 Å². The lowest BCUT2D eigenvalue weighted by atomic mass is 9.91. The third kappa shape index (κ3) is 3.57. The molecule has 1 unspecified atom stereocenters. The summed E-state index contributed by atoms with van der Waals surface area (Å²) >= 11 is 0. The number of nitrogens with zero attached hydrogens (tertiary/aromatic N) is 4. The van der Waals surface area contributed by atoms with Crippen LogP contribution in [0.15, 0.2) is 48.8 Å². The number of anilines is 2. The minimum atomic E-state index is -1.23. The van der Waals surface area contributed by atoms with E-state index in [9.17, 15) is 14.7 Å². The van der Waals surface area contributed by atoms with Crippen molar-refractivity contribution in [1.82, 2.24) is 9.78 Å². The van der Waals surface area contributed by atoms with Gasteiger partial charge in [0.1, 0.15) is 11.6 Å². The average molecular weight is 464 g/mol. The number of amides is 2. The van der Waals surface area contributed by atoms with E-state index in [4.69, 9.17) is 4.74 Å². The number of benzene rings is 2. The molecule has 3 aromatic rings. The Morgan fingerprint density at radius 2 is 1.85 bits per heavy atom. The summed E-state index contributed by atoms with van der Waals surface area (Å²) in [5.41, 5.74) is 2.56. The molecule has 5 rings (SSSR count). The third-order valence-electron chi connectivity index (χ3n) is 6.56. The van der Waals surface area contributed by atoms with Gasteiger partial charge in [-0.15, -0.1) is 0 Å². The van der Waals surface area contributed by atoms with Crippen LogP contribution in [0.1, 0.15) is 44.3 Å². The van der Waals surface area contributed by atoms with E-state index < -0.39 is 24.0 Å². The summed E-state index contributed by atoms with van der Waals surface area (Å²) in [5, 5.41) is 14.7. The molecule has 2 aromatic carbocycles. The molecule has 1 N–H and O–H groups in total. The number of hydrogen-bond acceptors (Lipinski definition) is 4. The number of fused-ring (bicyclic) bond motifs is 1. The van der Waals surface area contributed by atoms with Gasteiger partial charge in [0, 0.05) is 30.3 Å². The predicted octanol–water partition coefficient (Wildman–Crippen LogP) is 5.01. The van der Waals surface area contributed by atoms with Crippen LogP contribution < -0.4 is 14.5 Å². The first-order valence-corrected chi connectivity index (χ1v) is 11.1. The van der Waals surface area contributed by atoms with Crippen LogP contribution in [0.5, 0.6) is 5.75 Å². The maximum atomic E-state index is 15.2. The maximum Gasteiger partial charge on any atom is 0.412 e. The lowest BCUT2D eigenvalue weighted by molar-refractivity contribution is -0.117. The Bertz CT molecular complexity index is 1290. The van der Waals surface area contributed by atoms with E-state index in [1.54, 1.807) is 31.3 Å². The molecule has 9 heteroatoms. The molecule has 0 saturated heterocycles. The van der Waals surface area contributed by atoms with Crippen LogP contribution in [0.4, 0.5) is 20.6 Å². The molecule has 0 radical (unpaired) electrons. The second-order valence-corrected chi connectivity index (χ2v) is 8.76. The molecule has 1 aliphatic carbocycles. The summed E-state index contributed by atoms with van der Waals surface area (Å²) in [5.74, 6) is -0.534. The molecule has 2 aliphatic rings. The van der Waals surface area contributed by atoms with E-state index in [0.717, 1.165) is 28.9 Å². The molecule has 1 fully saturated rings. The number of methoxy groups -OCH3 is 1. The zero-order valence-electron chi connectivity index (χ0n) is 19.1. The molecule has 1 saturated carbocycles. The highest BCUT2D eigenvalue weighted by atomic mass is 19.1. The minimum Gasteiger partial charge on any atom is -0.497 e. The van der Waals surface area contributed by atoms with Crippen molar-refractivity contribution in [3.8, 4) is 16.9 Å². The lowest BCUT2D eigenvalue weighted by Crippen LogP contribution is -2.53. The second kappa shape index (κ2) is 8.16. The van der Waals surface area contributed by atoms with Gasteiger partial charge in [0.2, 0.25) is 5.91 Å². The van der Waals surface area contributed by atoms with Crippen molar-refractivity contribution in [2.24, 2.45) is 0 Å². The first-order valence-electron chi connectivity index (χ1n) is 11.1. The van der Waals surface area contributed by atoms with Gasteiger partial charge >= 0.3 is 6.09 Å². The largest absolute Gasteiger partial charge is 0.497 e. The Hall–Kier alpha value is -3.88. The van der Waals surface area contributed by atoms with Gasteiger partial charge in [0.15, 0.2) is 0 Å². The van der Waals surface area contributed by atoms with Crippen molar-refractivity contribution in [1.29, 1.82) is 0 Å². The van der Waals surface area contributed by atoms with Gasteiger partial charge in [-0.2, -0.15) is 5.10 Å². The quantitative estimate of drug-likeness (QED) is 0.586. The predicted molar refractivity (Wildman–Crippen MR) is 125 cm³/mol. The monoisotopic (exact) mass is 464 g/mol. The van der Waals surface area contributed by atoms with Crippen LogP contribution >= 0.6 is 0 Å². The van der Waals surface area contributed by atoms with Crippen LogP contribution in [0, 0.1) is 5.82 Å². The fourth-order valence-corrected chi connectivity index (χ4v) is 4.80. The van der Waals surface area contributed by atoms with Crippen molar-refractivity contribution in [3.63, 3.8) is 0 Å². The number of hydrogen-bond donors (Lipinski definition) is 1. The number of carbonyl (C=O) groups excluding carboxylic acids is 1. The van der Waals surface area contributed by atoms with Crippen LogP contribution in [0.2, 0.25) is 0 Å². The zero-order valence-corrected chi connectivity index (χ0v) is 19.1. The van der Waals surface area contributed by atoms with Crippen LogP contribution in [-0.4, -0.2) is 40.0 Å². The average Bonchev–Trinajstić information content (AvgIpc) is 3.54. The molecule has 2 heterocycles. The maximum absolute atomic E-state index is 15.2. The molecule has 1 aromatic heterocycles. The number of rotatable bonds is 4. The summed E-state index contributed by atoms with van der Waals surface area (Å²) in [7, 11) is 1.43. The molecule has 2 atom stereocenters. The number of ether oxygens (including phenoxy) is 1. The van der Waals surface area contributed by atoms with Gasteiger partial charge in [-0.25, -0.2) is 9.18 Å². The summed E-state index contributed by atoms with van der Waals surface area (Å²) in [6.45, 7) is 3.15. The van der Waals surface area contributed by atoms with Gasteiger partial charge < -0.3 is 14.7 Å². The SMILES string of the molecule is COc1ccc(C2[C@H](C)N(C(C)=O)c3ccc(-c4cnn(C5CC5)c4)cc3N2C(=O)O)c(F)c1. The van der Waals surface area contributed by atoms with Crippen molar-refractivity contribution in [2.75, 3.05) is 16.9 Å². The van der Waals surface area contributed by atoms with E-state index >= 15 is 4.39 Å². The Labute approximate surface area is 196 Å². The fourth-order valence-electron chi connectivity index (χ4n) is 4.80. The highest BCUT2D eigenvalue weighted by molar-refractivity contribution is 6.03. The van der Waals surface area contributed by atoms with Gasteiger partial charge in [0.25, 0.3) is 0 Å². The molecular formula is C25H25FN4O4. The van der Waals surface area contributed by atoms with Gasteiger partial charge in [-0.3, -0.25) is 14.4 Å². The van der Waals surface area contributed by atoms with Crippen molar-refractivity contribution < 1.29 is 23.8 Å². The van der Waals surface area contributed by atoms with E-state index in [1.165, 1.54) is 31.1 Å². The zero-order chi connectivity index (χ0) is 24.1. The molecular weight excluding hydrogens is 439 g/mol. The van der Waals surface area contributed by atoms with Crippen molar-refractivity contribution in [3.05, 3.63) is 60.2 Å². The number of aromatic nitrogens is 2.